The summed E-state index contributed by atoms with van der Waals surface area (Å²) in [5.74, 6) is 1.28. The van der Waals surface area contributed by atoms with Gasteiger partial charge in [-0.25, -0.2) is 0 Å². The maximum absolute atomic E-state index is 7.91. The molecule has 25 heavy (non-hydrogen) atoms. The molecule has 1 heteroatoms. The quantitative estimate of drug-likeness (QED) is 0.600. The fourth-order valence-electron chi connectivity index (χ4n) is 4.96. The lowest BCUT2D eigenvalue weighted by atomic mass is 9.72. The van der Waals surface area contributed by atoms with Crippen LogP contribution in [0.4, 0.5) is 0 Å². The molecule has 1 fully saturated rings. The van der Waals surface area contributed by atoms with E-state index in [2.05, 4.69) is 56.3 Å². The van der Waals surface area contributed by atoms with Crippen molar-refractivity contribution in [3.8, 4) is 0 Å². The molecule has 2 unspecified atom stereocenters. The molecule has 0 aliphatic heterocycles. The number of rotatable bonds is 3. The highest BCUT2D eigenvalue weighted by atomic mass is 14.4. The van der Waals surface area contributed by atoms with E-state index >= 15 is 0 Å². The predicted molar refractivity (Wildman–Crippen MR) is 108 cm³/mol. The van der Waals surface area contributed by atoms with Crippen LogP contribution in [-0.4, -0.2) is 6.21 Å². The first-order valence-electron chi connectivity index (χ1n) is 9.58. The first kappa shape index (κ1) is 16.3. The molecule has 0 heterocycles. The lowest BCUT2D eigenvalue weighted by Gasteiger charge is -2.32. The molecule has 0 radical (unpaired) electrons. The molecule has 1 nitrogen and oxygen atoms in total. The van der Waals surface area contributed by atoms with E-state index in [1.54, 1.807) is 11.8 Å². The molecule has 4 rings (SSSR count). The van der Waals surface area contributed by atoms with Crippen molar-refractivity contribution in [2.24, 2.45) is 5.92 Å². The molecule has 1 saturated carbocycles. The zero-order valence-corrected chi connectivity index (χ0v) is 15.3. The van der Waals surface area contributed by atoms with Crippen LogP contribution in [0.2, 0.25) is 0 Å². The number of fused-ring (bicyclic) bond motifs is 1. The molecule has 2 aliphatic carbocycles. The third-order valence-corrected chi connectivity index (χ3v) is 6.44. The summed E-state index contributed by atoms with van der Waals surface area (Å²) in [4.78, 5) is 0. The Hall–Kier alpha value is -2.15. The first-order chi connectivity index (χ1) is 12.2. The van der Waals surface area contributed by atoms with Gasteiger partial charge in [0, 0.05) is 6.21 Å². The SMILES string of the molecule is CC1=CCC(C2CCCC(c3c(C=N)ccc4ccccc34)C2)=C1C. The van der Waals surface area contributed by atoms with Gasteiger partial charge in [-0.15, -0.1) is 0 Å². The van der Waals surface area contributed by atoms with Crippen LogP contribution in [0.25, 0.3) is 10.8 Å². The summed E-state index contributed by atoms with van der Waals surface area (Å²) < 4.78 is 0. The Balaban J connectivity index is 1.73. The predicted octanol–water partition coefficient (Wildman–Crippen LogP) is 6.78. The molecule has 0 bridgehead atoms. The minimum Gasteiger partial charge on any atom is -0.308 e. The maximum atomic E-state index is 7.91. The smallest absolute Gasteiger partial charge is 0.0253 e. The van der Waals surface area contributed by atoms with Crippen LogP contribution in [0.3, 0.4) is 0 Å². The Morgan fingerprint density at radius 2 is 1.80 bits per heavy atom. The third kappa shape index (κ3) is 2.86. The van der Waals surface area contributed by atoms with Gasteiger partial charge < -0.3 is 5.41 Å². The van der Waals surface area contributed by atoms with Gasteiger partial charge in [0.1, 0.15) is 0 Å². The van der Waals surface area contributed by atoms with Gasteiger partial charge >= 0.3 is 0 Å². The van der Waals surface area contributed by atoms with E-state index in [9.17, 15) is 0 Å². The highest BCUT2D eigenvalue weighted by Gasteiger charge is 2.29. The molecular formula is C24H27N. The number of hydrogen-bond donors (Lipinski definition) is 1. The second kappa shape index (κ2) is 6.63. The van der Waals surface area contributed by atoms with Crippen LogP contribution in [0.5, 0.6) is 0 Å². The Labute approximate surface area is 151 Å². The van der Waals surface area contributed by atoms with E-state index < -0.39 is 0 Å². The van der Waals surface area contributed by atoms with Gasteiger partial charge in [-0.3, -0.25) is 0 Å². The average Bonchev–Trinajstić information content (AvgIpc) is 2.99. The summed E-state index contributed by atoms with van der Waals surface area (Å²) in [6, 6.07) is 13.0. The summed E-state index contributed by atoms with van der Waals surface area (Å²) in [5, 5.41) is 10.6. The van der Waals surface area contributed by atoms with E-state index in [4.69, 9.17) is 5.41 Å². The van der Waals surface area contributed by atoms with Crippen LogP contribution < -0.4 is 0 Å². The minimum atomic E-state index is 0.572. The van der Waals surface area contributed by atoms with Crippen LogP contribution >= 0.6 is 0 Å². The zero-order valence-electron chi connectivity index (χ0n) is 15.3. The van der Waals surface area contributed by atoms with Gasteiger partial charge in [0.05, 0.1) is 0 Å². The van der Waals surface area contributed by atoms with Gasteiger partial charge in [0.25, 0.3) is 0 Å². The van der Waals surface area contributed by atoms with Crippen LogP contribution in [0.15, 0.2) is 59.2 Å². The topological polar surface area (TPSA) is 23.9 Å². The second-order valence-corrected chi connectivity index (χ2v) is 7.74. The summed E-state index contributed by atoms with van der Waals surface area (Å²) in [6.07, 6.45) is 10.2. The number of benzene rings is 2. The summed E-state index contributed by atoms with van der Waals surface area (Å²) in [7, 11) is 0. The van der Waals surface area contributed by atoms with Crippen LogP contribution in [-0.2, 0) is 0 Å². The van der Waals surface area contributed by atoms with E-state index in [0.717, 1.165) is 12.0 Å². The standard InChI is InChI=1S/C24H27N/c1-16-10-13-22(17(16)2)19-7-5-8-20(14-19)24-21(15-25)12-11-18-6-3-4-9-23(18)24/h3-4,6,9-12,15,19-20,25H,5,7-8,13-14H2,1-2H3. The number of nitrogens with one attached hydrogen (secondary N) is 1. The van der Waals surface area contributed by atoms with Crippen LogP contribution in [0.1, 0.15) is 63.0 Å². The molecule has 128 valence electrons. The molecule has 0 saturated heterocycles. The van der Waals surface area contributed by atoms with E-state index in [1.807, 2.05) is 0 Å². The Bertz CT molecular complexity index is 884. The second-order valence-electron chi connectivity index (χ2n) is 7.74. The number of hydrogen-bond acceptors (Lipinski definition) is 1. The number of allylic oxidation sites excluding steroid dienone is 4. The molecule has 2 aromatic rings. The Morgan fingerprint density at radius 1 is 1.00 bits per heavy atom. The van der Waals surface area contributed by atoms with Crippen molar-refractivity contribution in [1.82, 2.24) is 0 Å². The molecule has 0 spiro atoms. The summed E-state index contributed by atoms with van der Waals surface area (Å²) >= 11 is 0. The van der Waals surface area contributed by atoms with Crippen molar-refractivity contribution < 1.29 is 0 Å². The Kier molecular flexibility index (Phi) is 4.33. The van der Waals surface area contributed by atoms with Gasteiger partial charge in [0.15, 0.2) is 0 Å². The lowest BCUT2D eigenvalue weighted by molar-refractivity contribution is 0.357. The van der Waals surface area contributed by atoms with E-state index in [0.29, 0.717) is 11.8 Å². The molecule has 0 aromatic heterocycles. The largest absolute Gasteiger partial charge is 0.308 e. The van der Waals surface area contributed by atoms with Gasteiger partial charge in [-0.2, -0.15) is 0 Å². The van der Waals surface area contributed by atoms with Gasteiger partial charge in [-0.1, -0.05) is 60.0 Å². The third-order valence-electron chi connectivity index (χ3n) is 6.44. The first-order valence-corrected chi connectivity index (χ1v) is 9.58. The fourth-order valence-corrected chi connectivity index (χ4v) is 4.96. The zero-order chi connectivity index (χ0) is 17.4. The Morgan fingerprint density at radius 3 is 2.56 bits per heavy atom. The highest BCUT2D eigenvalue weighted by molar-refractivity contribution is 5.94. The highest BCUT2D eigenvalue weighted by Crippen LogP contribution is 2.45. The van der Waals surface area contributed by atoms with Crippen molar-refractivity contribution in [1.29, 1.82) is 5.41 Å². The maximum Gasteiger partial charge on any atom is 0.0253 e. The molecule has 1 N–H and O–H groups in total. The molecule has 2 atom stereocenters. The van der Waals surface area contributed by atoms with Crippen LogP contribution in [0, 0.1) is 11.3 Å². The van der Waals surface area contributed by atoms with Crippen molar-refractivity contribution in [3.05, 3.63) is 70.3 Å². The van der Waals surface area contributed by atoms with E-state index in [1.165, 1.54) is 53.2 Å². The molecule has 2 aliphatic rings. The van der Waals surface area contributed by atoms with E-state index in [-0.39, 0.29) is 0 Å². The molecule has 0 amide bonds. The minimum absolute atomic E-state index is 0.572. The summed E-state index contributed by atoms with van der Waals surface area (Å²) in [5.41, 5.74) is 7.21. The normalized spacial score (nSPS) is 23.8. The summed E-state index contributed by atoms with van der Waals surface area (Å²) in [6.45, 7) is 4.55. The monoisotopic (exact) mass is 329 g/mol. The van der Waals surface area contributed by atoms with Crippen molar-refractivity contribution in [2.45, 2.75) is 51.9 Å². The average molecular weight is 329 g/mol. The van der Waals surface area contributed by atoms with Crippen molar-refractivity contribution in [3.63, 3.8) is 0 Å². The lowest BCUT2D eigenvalue weighted by Crippen LogP contribution is -2.17. The van der Waals surface area contributed by atoms with Crippen molar-refractivity contribution >= 4 is 17.0 Å². The molecule has 2 aromatic carbocycles. The molecular weight excluding hydrogens is 302 g/mol. The van der Waals surface area contributed by atoms with Gasteiger partial charge in [-0.05, 0) is 78.8 Å². The van der Waals surface area contributed by atoms with Gasteiger partial charge in [0.2, 0.25) is 0 Å². The fraction of sp³-hybridized carbons (Fsp3) is 0.375. The van der Waals surface area contributed by atoms with Crippen molar-refractivity contribution in [2.75, 3.05) is 0 Å².